The van der Waals surface area contributed by atoms with Gasteiger partial charge in [-0.2, -0.15) is 8.78 Å². The summed E-state index contributed by atoms with van der Waals surface area (Å²) in [7, 11) is -4.57. The van der Waals surface area contributed by atoms with Crippen LogP contribution in [0.15, 0.2) is 29.2 Å². The number of para-hydroxylation sites is 1. The van der Waals surface area contributed by atoms with Gasteiger partial charge in [0.25, 0.3) is 0 Å². The van der Waals surface area contributed by atoms with Crippen LogP contribution in [0, 0.1) is 0 Å². The van der Waals surface area contributed by atoms with Crippen molar-refractivity contribution in [1.29, 1.82) is 0 Å². The number of alkyl halides is 3. The standard InChI is InChI=1S/C12H16ClF2NO2S/c13-8-4-1-5-9-16-10-6-2-3-7-11(10)19(17,18)12(14)15/h2-3,6-7,12,16H,1,4-5,8-9H2. The van der Waals surface area contributed by atoms with Gasteiger partial charge in [0, 0.05) is 12.4 Å². The van der Waals surface area contributed by atoms with Crippen LogP contribution in [0.25, 0.3) is 0 Å². The highest BCUT2D eigenvalue weighted by molar-refractivity contribution is 7.91. The molecular formula is C12H16ClF2NO2S. The third-order valence-electron chi connectivity index (χ3n) is 2.55. The predicted octanol–water partition coefficient (Wildman–Crippen LogP) is 3.50. The Morgan fingerprint density at radius 1 is 1.16 bits per heavy atom. The first-order valence-corrected chi connectivity index (χ1v) is 7.99. The van der Waals surface area contributed by atoms with Crippen molar-refractivity contribution in [3.05, 3.63) is 24.3 Å². The van der Waals surface area contributed by atoms with Crippen molar-refractivity contribution in [3.8, 4) is 0 Å². The summed E-state index contributed by atoms with van der Waals surface area (Å²) in [5.41, 5.74) is 0.216. The van der Waals surface area contributed by atoms with E-state index in [1.807, 2.05) is 0 Å². The van der Waals surface area contributed by atoms with E-state index in [0.29, 0.717) is 12.4 Å². The fourth-order valence-electron chi connectivity index (χ4n) is 1.58. The molecule has 0 heterocycles. The molecule has 108 valence electrons. The number of anilines is 1. The molecule has 1 rings (SSSR count). The number of rotatable bonds is 8. The number of hydrogen-bond acceptors (Lipinski definition) is 3. The smallest absolute Gasteiger partial charge is 0.341 e. The Morgan fingerprint density at radius 2 is 1.84 bits per heavy atom. The number of unbranched alkanes of at least 4 members (excludes halogenated alkanes) is 2. The molecule has 0 amide bonds. The number of hydrogen-bond donors (Lipinski definition) is 1. The second-order valence-corrected chi connectivity index (χ2v) is 6.24. The fraction of sp³-hybridized carbons (Fsp3) is 0.500. The molecule has 0 bridgehead atoms. The van der Waals surface area contributed by atoms with Crippen LogP contribution in [0.5, 0.6) is 0 Å². The molecular weight excluding hydrogens is 296 g/mol. The molecule has 0 atom stereocenters. The molecule has 1 N–H and O–H groups in total. The van der Waals surface area contributed by atoms with E-state index in [-0.39, 0.29) is 10.6 Å². The zero-order valence-corrected chi connectivity index (χ0v) is 11.9. The average molecular weight is 312 g/mol. The molecule has 0 aliphatic carbocycles. The summed E-state index contributed by atoms with van der Waals surface area (Å²) < 4.78 is 48.0. The minimum Gasteiger partial charge on any atom is -0.384 e. The molecule has 0 aromatic heterocycles. The van der Waals surface area contributed by atoms with Crippen LogP contribution in [0.2, 0.25) is 0 Å². The van der Waals surface area contributed by atoms with Crippen molar-refractivity contribution in [1.82, 2.24) is 0 Å². The van der Waals surface area contributed by atoms with Gasteiger partial charge in [-0.05, 0) is 25.0 Å². The molecule has 3 nitrogen and oxygen atoms in total. The maximum Gasteiger partial charge on any atom is 0.341 e. The van der Waals surface area contributed by atoms with E-state index in [9.17, 15) is 17.2 Å². The van der Waals surface area contributed by atoms with E-state index in [4.69, 9.17) is 11.6 Å². The summed E-state index contributed by atoms with van der Waals surface area (Å²) in [6.45, 7) is 0.520. The van der Waals surface area contributed by atoms with Crippen LogP contribution >= 0.6 is 11.6 Å². The van der Waals surface area contributed by atoms with Crippen molar-refractivity contribution < 1.29 is 17.2 Å². The lowest BCUT2D eigenvalue weighted by atomic mass is 10.2. The Kier molecular flexibility index (Phi) is 6.51. The fourth-order valence-corrected chi connectivity index (χ4v) is 2.67. The van der Waals surface area contributed by atoms with Crippen molar-refractivity contribution in [2.24, 2.45) is 0 Å². The van der Waals surface area contributed by atoms with Crippen molar-refractivity contribution in [3.63, 3.8) is 0 Å². The highest BCUT2D eigenvalue weighted by atomic mass is 35.5. The quantitative estimate of drug-likeness (QED) is 0.590. The van der Waals surface area contributed by atoms with Crippen LogP contribution in [-0.2, 0) is 9.84 Å². The van der Waals surface area contributed by atoms with Crippen molar-refractivity contribution >= 4 is 27.1 Å². The van der Waals surface area contributed by atoms with E-state index in [1.165, 1.54) is 18.2 Å². The van der Waals surface area contributed by atoms with Crippen LogP contribution in [0.4, 0.5) is 14.5 Å². The maximum atomic E-state index is 12.5. The Labute approximate surface area is 116 Å². The summed E-state index contributed by atoms with van der Waals surface area (Å²) >= 11 is 5.53. The average Bonchev–Trinajstić information content (AvgIpc) is 2.38. The molecule has 0 saturated heterocycles. The second-order valence-electron chi connectivity index (χ2n) is 3.98. The lowest BCUT2D eigenvalue weighted by Crippen LogP contribution is -2.14. The molecule has 1 aromatic rings. The Balaban J connectivity index is 2.74. The molecule has 0 radical (unpaired) electrons. The molecule has 0 aliphatic heterocycles. The first-order valence-electron chi connectivity index (χ1n) is 5.91. The Hall–Kier alpha value is -0.880. The molecule has 7 heteroatoms. The largest absolute Gasteiger partial charge is 0.384 e. The summed E-state index contributed by atoms with van der Waals surface area (Å²) in [4.78, 5) is -0.359. The van der Waals surface area contributed by atoms with Crippen molar-refractivity contribution in [2.45, 2.75) is 29.9 Å². The van der Waals surface area contributed by atoms with Gasteiger partial charge in [-0.1, -0.05) is 18.6 Å². The first-order chi connectivity index (χ1) is 9.00. The van der Waals surface area contributed by atoms with Gasteiger partial charge in [0.2, 0.25) is 9.84 Å². The third kappa shape index (κ3) is 4.62. The summed E-state index contributed by atoms with van der Waals surface area (Å²) in [5.74, 6) is -2.83. The molecule has 1 aromatic carbocycles. The SMILES string of the molecule is O=S(=O)(c1ccccc1NCCCCCCl)C(F)F. The van der Waals surface area contributed by atoms with E-state index in [0.717, 1.165) is 19.3 Å². The van der Waals surface area contributed by atoms with Gasteiger partial charge < -0.3 is 5.32 Å². The molecule has 0 saturated carbocycles. The molecule has 0 unspecified atom stereocenters. The maximum absolute atomic E-state index is 12.5. The topological polar surface area (TPSA) is 46.2 Å². The predicted molar refractivity (Wildman–Crippen MR) is 72.7 cm³/mol. The van der Waals surface area contributed by atoms with Crippen molar-refractivity contribution in [2.75, 3.05) is 17.7 Å². The summed E-state index contributed by atoms with van der Waals surface area (Å²) in [6.07, 6.45) is 2.58. The van der Waals surface area contributed by atoms with Gasteiger partial charge in [-0.15, -0.1) is 11.6 Å². The first kappa shape index (κ1) is 16.2. The number of sulfone groups is 1. The van der Waals surface area contributed by atoms with E-state index in [1.54, 1.807) is 6.07 Å². The van der Waals surface area contributed by atoms with Gasteiger partial charge >= 0.3 is 5.76 Å². The Bertz CT molecular complexity index is 494. The monoisotopic (exact) mass is 311 g/mol. The minimum absolute atomic E-state index is 0.216. The highest BCUT2D eigenvalue weighted by Gasteiger charge is 2.28. The van der Waals surface area contributed by atoms with E-state index >= 15 is 0 Å². The molecule has 0 spiro atoms. The summed E-state index contributed by atoms with van der Waals surface area (Å²) in [5, 5.41) is 2.88. The third-order valence-corrected chi connectivity index (χ3v) is 4.26. The van der Waals surface area contributed by atoms with Gasteiger partial charge in [-0.3, -0.25) is 0 Å². The molecule has 0 fully saturated rings. The van der Waals surface area contributed by atoms with Gasteiger partial charge in [0.15, 0.2) is 0 Å². The van der Waals surface area contributed by atoms with E-state index < -0.39 is 15.6 Å². The highest BCUT2D eigenvalue weighted by Crippen LogP contribution is 2.26. The van der Waals surface area contributed by atoms with Crippen LogP contribution < -0.4 is 5.32 Å². The lowest BCUT2D eigenvalue weighted by molar-refractivity contribution is 0.235. The Morgan fingerprint density at radius 3 is 2.47 bits per heavy atom. The number of nitrogens with one attached hydrogen (secondary N) is 1. The normalized spacial score (nSPS) is 11.8. The molecule has 19 heavy (non-hydrogen) atoms. The van der Waals surface area contributed by atoms with Crippen LogP contribution in [-0.4, -0.2) is 26.6 Å². The van der Waals surface area contributed by atoms with Gasteiger partial charge in [-0.25, -0.2) is 8.42 Å². The van der Waals surface area contributed by atoms with E-state index in [2.05, 4.69) is 5.32 Å². The zero-order valence-electron chi connectivity index (χ0n) is 10.3. The van der Waals surface area contributed by atoms with Crippen LogP contribution in [0.3, 0.4) is 0 Å². The zero-order chi connectivity index (χ0) is 14.3. The lowest BCUT2D eigenvalue weighted by Gasteiger charge is -2.11. The number of halogens is 3. The molecule has 0 aliphatic rings. The van der Waals surface area contributed by atoms with Gasteiger partial charge in [0.05, 0.1) is 10.6 Å². The van der Waals surface area contributed by atoms with Gasteiger partial charge in [0.1, 0.15) is 0 Å². The van der Waals surface area contributed by atoms with Crippen LogP contribution in [0.1, 0.15) is 19.3 Å². The minimum atomic E-state index is -4.57. The number of benzene rings is 1. The second kappa shape index (κ2) is 7.65. The summed E-state index contributed by atoms with van der Waals surface area (Å²) in [6, 6.07) is 5.69.